The molecular weight excluding hydrogens is 452 g/mol. The predicted molar refractivity (Wildman–Crippen MR) is 135 cm³/mol. The molecule has 0 bridgehead atoms. The first-order valence-electron chi connectivity index (χ1n) is 11.5. The lowest BCUT2D eigenvalue weighted by Gasteiger charge is -2.27. The summed E-state index contributed by atoms with van der Waals surface area (Å²) in [6.07, 6.45) is 2.35. The number of benzene rings is 2. The molecule has 1 saturated heterocycles. The minimum Gasteiger partial charge on any atom is -0.507 e. The zero-order valence-corrected chi connectivity index (χ0v) is 20.4. The molecule has 180 valence electrons. The molecule has 1 aliphatic rings. The topological polar surface area (TPSA) is 70.1 Å². The van der Waals surface area contributed by atoms with Gasteiger partial charge >= 0.3 is 0 Å². The van der Waals surface area contributed by atoms with Crippen LogP contribution in [0.15, 0.2) is 66.8 Å². The van der Waals surface area contributed by atoms with Gasteiger partial charge in [0.2, 0.25) is 0 Å². The summed E-state index contributed by atoms with van der Waals surface area (Å²) >= 11 is 5.99. The van der Waals surface area contributed by atoms with E-state index in [4.69, 9.17) is 16.3 Å². The molecule has 0 spiro atoms. The third kappa shape index (κ3) is 5.69. The summed E-state index contributed by atoms with van der Waals surface area (Å²) in [7, 11) is 0. The van der Waals surface area contributed by atoms with Gasteiger partial charge in [-0.3, -0.25) is 9.59 Å². The maximum Gasteiger partial charge on any atom is 0.295 e. The van der Waals surface area contributed by atoms with Gasteiger partial charge < -0.3 is 19.6 Å². The fourth-order valence-corrected chi connectivity index (χ4v) is 4.28. The third-order valence-electron chi connectivity index (χ3n) is 5.97. The second-order valence-electron chi connectivity index (χ2n) is 8.05. The van der Waals surface area contributed by atoms with Crippen molar-refractivity contribution < 1.29 is 19.4 Å². The molecule has 2 aromatic carbocycles. The van der Waals surface area contributed by atoms with Gasteiger partial charge in [0.25, 0.3) is 11.7 Å². The van der Waals surface area contributed by atoms with Crippen LogP contribution in [0.1, 0.15) is 37.4 Å². The van der Waals surface area contributed by atoms with E-state index >= 15 is 0 Å². The minimum absolute atomic E-state index is 0.0658. The summed E-state index contributed by atoms with van der Waals surface area (Å²) < 4.78 is 5.67. The number of halogens is 1. The Labute approximate surface area is 206 Å². The lowest BCUT2D eigenvalue weighted by Crippen LogP contribution is -2.33. The number of Topliss-reactive ketones (excluding diaryl/α,β-unsaturated/α-hetero) is 1. The minimum atomic E-state index is -0.723. The van der Waals surface area contributed by atoms with E-state index < -0.39 is 17.7 Å². The van der Waals surface area contributed by atoms with E-state index in [9.17, 15) is 14.7 Å². The molecule has 0 unspecified atom stereocenters. The maximum absolute atomic E-state index is 13.2. The fourth-order valence-electron chi connectivity index (χ4n) is 4.15. The second kappa shape index (κ2) is 11.9. The SMILES string of the molecule is C=CCOc1cccc([C@H]2C(=C(O)c3ccc(Cl)cc3)C(=O)C(=O)N2CCCN(CC)CC)c1. The number of carbonyl (C=O) groups excluding carboxylic acids is 2. The van der Waals surface area contributed by atoms with Crippen molar-refractivity contribution in [1.82, 2.24) is 9.80 Å². The summed E-state index contributed by atoms with van der Waals surface area (Å²) in [5.41, 5.74) is 1.18. The van der Waals surface area contributed by atoms with Crippen molar-refractivity contribution in [1.29, 1.82) is 0 Å². The van der Waals surface area contributed by atoms with Crippen molar-refractivity contribution in [2.24, 2.45) is 0 Å². The monoisotopic (exact) mass is 482 g/mol. The van der Waals surface area contributed by atoms with Crippen molar-refractivity contribution in [2.45, 2.75) is 26.3 Å². The van der Waals surface area contributed by atoms with Crippen LogP contribution in [0.4, 0.5) is 0 Å². The highest BCUT2D eigenvalue weighted by Crippen LogP contribution is 2.40. The van der Waals surface area contributed by atoms with Crippen LogP contribution < -0.4 is 4.74 Å². The number of amides is 1. The van der Waals surface area contributed by atoms with Gasteiger partial charge in [-0.05, 0) is 68.0 Å². The van der Waals surface area contributed by atoms with Crippen molar-refractivity contribution in [2.75, 3.05) is 32.8 Å². The van der Waals surface area contributed by atoms with Gasteiger partial charge in [-0.15, -0.1) is 0 Å². The van der Waals surface area contributed by atoms with Crippen LogP contribution in [-0.2, 0) is 9.59 Å². The summed E-state index contributed by atoms with van der Waals surface area (Å²) in [6.45, 7) is 11.2. The summed E-state index contributed by atoms with van der Waals surface area (Å²) in [4.78, 5) is 30.1. The van der Waals surface area contributed by atoms with E-state index in [1.165, 1.54) is 0 Å². The highest BCUT2D eigenvalue weighted by Gasteiger charge is 2.45. The smallest absolute Gasteiger partial charge is 0.295 e. The Morgan fingerprint density at radius 1 is 1.18 bits per heavy atom. The highest BCUT2D eigenvalue weighted by molar-refractivity contribution is 6.46. The van der Waals surface area contributed by atoms with Gasteiger partial charge in [-0.25, -0.2) is 0 Å². The van der Waals surface area contributed by atoms with Gasteiger partial charge in [-0.1, -0.05) is 50.2 Å². The van der Waals surface area contributed by atoms with Crippen molar-refractivity contribution in [3.8, 4) is 5.75 Å². The lowest BCUT2D eigenvalue weighted by molar-refractivity contribution is -0.140. The quantitative estimate of drug-likeness (QED) is 0.210. The Bertz CT molecular complexity index is 1060. The molecule has 0 saturated carbocycles. The first kappa shape index (κ1) is 25.5. The van der Waals surface area contributed by atoms with Crippen LogP contribution in [0.5, 0.6) is 5.75 Å². The van der Waals surface area contributed by atoms with Gasteiger partial charge in [0.05, 0.1) is 11.6 Å². The molecule has 0 radical (unpaired) electrons. The second-order valence-corrected chi connectivity index (χ2v) is 8.49. The molecule has 1 aliphatic heterocycles. The van der Waals surface area contributed by atoms with Crippen molar-refractivity contribution in [3.63, 3.8) is 0 Å². The number of nitrogens with zero attached hydrogens (tertiary/aromatic N) is 2. The summed E-state index contributed by atoms with van der Waals surface area (Å²) in [5, 5.41) is 11.6. The third-order valence-corrected chi connectivity index (χ3v) is 6.22. The molecule has 1 fully saturated rings. The lowest BCUT2D eigenvalue weighted by atomic mass is 9.95. The van der Waals surface area contributed by atoms with Gasteiger partial charge in [0, 0.05) is 17.1 Å². The van der Waals surface area contributed by atoms with E-state index in [0.29, 0.717) is 41.5 Å². The van der Waals surface area contributed by atoms with Crippen molar-refractivity contribution >= 4 is 29.1 Å². The molecule has 7 heteroatoms. The molecule has 1 amide bonds. The van der Waals surface area contributed by atoms with E-state index in [0.717, 1.165) is 19.6 Å². The largest absolute Gasteiger partial charge is 0.507 e. The molecule has 3 rings (SSSR count). The molecule has 0 aromatic heterocycles. The molecule has 1 heterocycles. The van der Waals surface area contributed by atoms with Gasteiger partial charge in [-0.2, -0.15) is 0 Å². The molecular formula is C27H31ClN2O4. The number of ketones is 1. The van der Waals surface area contributed by atoms with Crippen LogP contribution in [-0.4, -0.2) is 59.4 Å². The number of ether oxygens (including phenoxy) is 1. The molecule has 2 aromatic rings. The van der Waals surface area contributed by atoms with E-state index in [1.807, 2.05) is 12.1 Å². The molecule has 34 heavy (non-hydrogen) atoms. The van der Waals surface area contributed by atoms with Crippen LogP contribution >= 0.6 is 11.6 Å². The van der Waals surface area contributed by atoms with E-state index in [2.05, 4.69) is 25.3 Å². The van der Waals surface area contributed by atoms with Gasteiger partial charge in [0.15, 0.2) is 0 Å². The first-order chi connectivity index (χ1) is 16.4. The molecule has 6 nitrogen and oxygen atoms in total. The number of likely N-dealkylation sites (tertiary alicyclic amines) is 1. The molecule has 1 N–H and O–H groups in total. The average Bonchev–Trinajstić information content (AvgIpc) is 3.10. The molecule has 1 atom stereocenters. The van der Waals surface area contributed by atoms with Crippen LogP contribution in [0.25, 0.3) is 5.76 Å². The van der Waals surface area contributed by atoms with E-state index in [1.54, 1.807) is 47.4 Å². The Hall–Kier alpha value is -3.09. The van der Waals surface area contributed by atoms with Crippen LogP contribution in [0.2, 0.25) is 5.02 Å². The zero-order valence-electron chi connectivity index (χ0n) is 19.7. The Balaban J connectivity index is 2.04. The Morgan fingerprint density at radius 2 is 1.88 bits per heavy atom. The number of aliphatic hydroxyl groups excluding tert-OH is 1. The standard InChI is InChI=1S/C27H31ClN2O4/c1-4-17-34-22-10-7-9-20(18-22)24-23(25(31)19-11-13-21(28)14-12-19)26(32)27(33)30(24)16-8-15-29(5-2)6-3/h4,7,9-14,18,24,31H,1,5-6,8,15-17H2,2-3H3/t24-/m0/s1. The fraction of sp³-hybridized carbons (Fsp3) is 0.333. The zero-order chi connectivity index (χ0) is 24.7. The van der Waals surface area contributed by atoms with Gasteiger partial charge in [0.1, 0.15) is 18.1 Å². The maximum atomic E-state index is 13.2. The highest BCUT2D eigenvalue weighted by atomic mass is 35.5. The number of carbonyl (C=O) groups is 2. The Kier molecular flexibility index (Phi) is 8.91. The van der Waals surface area contributed by atoms with Crippen LogP contribution in [0, 0.1) is 0 Å². The summed E-state index contributed by atoms with van der Waals surface area (Å²) in [5.74, 6) is -0.934. The Morgan fingerprint density at radius 3 is 2.53 bits per heavy atom. The molecule has 0 aliphatic carbocycles. The van der Waals surface area contributed by atoms with Crippen molar-refractivity contribution in [3.05, 3.63) is 82.9 Å². The predicted octanol–water partition coefficient (Wildman–Crippen LogP) is 5.06. The normalized spacial score (nSPS) is 17.4. The number of rotatable bonds is 11. The average molecular weight is 483 g/mol. The number of aliphatic hydroxyl groups is 1. The number of hydrogen-bond acceptors (Lipinski definition) is 5. The summed E-state index contributed by atoms with van der Waals surface area (Å²) in [6, 6.07) is 13.1. The first-order valence-corrected chi connectivity index (χ1v) is 11.9. The number of hydrogen-bond donors (Lipinski definition) is 1. The van der Waals surface area contributed by atoms with Crippen LogP contribution in [0.3, 0.4) is 0 Å². The van der Waals surface area contributed by atoms with E-state index in [-0.39, 0.29) is 11.3 Å².